The van der Waals surface area contributed by atoms with Crippen molar-refractivity contribution in [2.24, 2.45) is 0 Å². The SMILES string of the molecule is OC(c1cccs1)c1cnnn1-c1ccccc1. The minimum Gasteiger partial charge on any atom is -0.381 e. The molecule has 0 bridgehead atoms. The molecule has 0 saturated heterocycles. The van der Waals surface area contributed by atoms with Crippen molar-refractivity contribution in [1.29, 1.82) is 0 Å². The summed E-state index contributed by atoms with van der Waals surface area (Å²) < 4.78 is 1.66. The third kappa shape index (κ3) is 1.94. The van der Waals surface area contributed by atoms with E-state index in [9.17, 15) is 5.11 Å². The summed E-state index contributed by atoms with van der Waals surface area (Å²) in [4.78, 5) is 0.884. The van der Waals surface area contributed by atoms with E-state index in [0.29, 0.717) is 5.69 Å². The average molecular weight is 257 g/mol. The molecule has 0 aliphatic heterocycles. The number of benzene rings is 1. The van der Waals surface area contributed by atoms with Crippen LogP contribution in [0.5, 0.6) is 0 Å². The van der Waals surface area contributed by atoms with Gasteiger partial charge in [0.2, 0.25) is 0 Å². The van der Waals surface area contributed by atoms with Crippen LogP contribution in [0.2, 0.25) is 0 Å². The minimum atomic E-state index is -0.694. The van der Waals surface area contributed by atoms with E-state index in [0.717, 1.165) is 10.6 Å². The molecule has 2 heterocycles. The van der Waals surface area contributed by atoms with E-state index in [-0.39, 0.29) is 0 Å². The summed E-state index contributed by atoms with van der Waals surface area (Å²) in [7, 11) is 0. The van der Waals surface area contributed by atoms with Crippen molar-refractivity contribution in [3.8, 4) is 5.69 Å². The van der Waals surface area contributed by atoms with Gasteiger partial charge in [0.25, 0.3) is 0 Å². The maximum Gasteiger partial charge on any atom is 0.132 e. The van der Waals surface area contributed by atoms with Gasteiger partial charge in [-0.15, -0.1) is 16.4 Å². The van der Waals surface area contributed by atoms with Crippen LogP contribution in [-0.2, 0) is 0 Å². The molecule has 1 N–H and O–H groups in total. The number of aromatic nitrogens is 3. The standard InChI is InChI=1S/C13H11N3OS/c17-13(12-7-4-8-18-12)11-9-14-15-16(11)10-5-2-1-3-6-10/h1-9,13,17H. The quantitative estimate of drug-likeness (QED) is 0.784. The van der Waals surface area contributed by atoms with Crippen molar-refractivity contribution >= 4 is 11.3 Å². The number of hydrogen-bond donors (Lipinski definition) is 1. The van der Waals surface area contributed by atoms with Crippen LogP contribution in [0.15, 0.2) is 54.0 Å². The molecule has 0 spiro atoms. The van der Waals surface area contributed by atoms with Gasteiger partial charge in [-0.2, -0.15) is 0 Å². The normalized spacial score (nSPS) is 12.5. The highest BCUT2D eigenvalue weighted by atomic mass is 32.1. The second-order valence-electron chi connectivity index (χ2n) is 3.82. The molecule has 5 heteroatoms. The fraction of sp³-hybridized carbons (Fsp3) is 0.0769. The van der Waals surface area contributed by atoms with Crippen LogP contribution >= 0.6 is 11.3 Å². The summed E-state index contributed by atoms with van der Waals surface area (Å²) in [6, 6.07) is 13.5. The number of aliphatic hydroxyl groups is 1. The zero-order valence-corrected chi connectivity index (χ0v) is 10.3. The van der Waals surface area contributed by atoms with Crippen molar-refractivity contribution in [3.05, 3.63) is 64.6 Å². The zero-order chi connectivity index (χ0) is 12.4. The van der Waals surface area contributed by atoms with E-state index in [4.69, 9.17) is 0 Å². The summed E-state index contributed by atoms with van der Waals surface area (Å²) in [6.07, 6.45) is 0.900. The molecule has 3 rings (SSSR count). The van der Waals surface area contributed by atoms with E-state index in [1.54, 1.807) is 10.9 Å². The van der Waals surface area contributed by atoms with E-state index >= 15 is 0 Å². The Morgan fingerprint density at radius 2 is 1.94 bits per heavy atom. The second-order valence-corrected chi connectivity index (χ2v) is 4.80. The van der Waals surface area contributed by atoms with Gasteiger partial charge in [0.1, 0.15) is 6.10 Å². The summed E-state index contributed by atoms with van der Waals surface area (Å²) in [6.45, 7) is 0. The molecule has 2 aromatic heterocycles. The number of hydrogen-bond acceptors (Lipinski definition) is 4. The highest BCUT2D eigenvalue weighted by molar-refractivity contribution is 7.10. The van der Waals surface area contributed by atoms with Gasteiger partial charge in [-0.05, 0) is 23.6 Å². The summed E-state index contributed by atoms with van der Waals surface area (Å²) in [5, 5.41) is 20.2. The van der Waals surface area contributed by atoms with Crippen LogP contribution in [0.4, 0.5) is 0 Å². The molecule has 1 aromatic carbocycles. The molecular formula is C13H11N3OS. The van der Waals surface area contributed by atoms with Gasteiger partial charge in [0, 0.05) is 4.88 Å². The number of nitrogens with zero attached hydrogens (tertiary/aromatic N) is 3. The first kappa shape index (κ1) is 11.1. The van der Waals surface area contributed by atoms with Crippen molar-refractivity contribution < 1.29 is 5.11 Å². The molecular weight excluding hydrogens is 246 g/mol. The van der Waals surface area contributed by atoms with Gasteiger partial charge in [-0.3, -0.25) is 0 Å². The van der Waals surface area contributed by atoms with Gasteiger partial charge in [-0.1, -0.05) is 29.5 Å². The topological polar surface area (TPSA) is 50.9 Å². The lowest BCUT2D eigenvalue weighted by atomic mass is 10.2. The maximum absolute atomic E-state index is 10.3. The van der Waals surface area contributed by atoms with Gasteiger partial charge in [-0.25, -0.2) is 4.68 Å². The first-order chi connectivity index (χ1) is 8.86. The molecule has 0 radical (unpaired) electrons. The predicted octanol–water partition coefficient (Wildman–Crippen LogP) is 2.41. The molecule has 18 heavy (non-hydrogen) atoms. The average Bonchev–Trinajstić information content (AvgIpc) is 3.10. The van der Waals surface area contributed by atoms with Crippen molar-refractivity contribution in [2.75, 3.05) is 0 Å². The Kier molecular flexibility index (Phi) is 2.92. The first-order valence-electron chi connectivity index (χ1n) is 5.54. The number of rotatable bonds is 3. The third-order valence-corrected chi connectivity index (χ3v) is 3.59. The maximum atomic E-state index is 10.3. The van der Waals surface area contributed by atoms with Crippen LogP contribution in [-0.4, -0.2) is 20.1 Å². The summed E-state index contributed by atoms with van der Waals surface area (Å²) >= 11 is 1.51. The fourth-order valence-electron chi connectivity index (χ4n) is 1.79. The summed E-state index contributed by atoms with van der Waals surface area (Å²) in [5.41, 5.74) is 1.56. The predicted molar refractivity (Wildman–Crippen MR) is 69.7 cm³/mol. The lowest BCUT2D eigenvalue weighted by Gasteiger charge is -2.10. The second kappa shape index (κ2) is 4.72. The smallest absolute Gasteiger partial charge is 0.132 e. The Morgan fingerprint density at radius 3 is 2.67 bits per heavy atom. The Balaban J connectivity index is 2.02. The minimum absolute atomic E-state index is 0.670. The van der Waals surface area contributed by atoms with Crippen LogP contribution in [0, 0.1) is 0 Å². The molecule has 4 nitrogen and oxygen atoms in total. The first-order valence-corrected chi connectivity index (χ1v) is 6.42. The molecule has 0 saturated carbocycles. The number of aliphatic hydroxyl groups excluding tert-OH is 1. The Labute approximate surface area is 108 Å². The van der Waals surface area contributed by atoms with E-state index in [1.165, 1.54) is 11.3 Å². The van der Waals surface area contributed by atoms with Crippen molar-refractivity contribution in [2.45, 2.75) is 6.10 Å². The van der Waals surface area contributed by atoms with Crippen molar-refractivity contribution in [3.63, 3.8) is 0 Å². The van der Waals surface area contributed by atoms with Gasteiger partial charge < -0.3 is 5.11 Å². The Hall–Kier alpha value is -1.98. The molecule has 0 amide bonds. The summed E-state index contributed by atoms with van der Waals surface area (Å²) in [5.74, 6) is 0. The van der Waals surface area contributed by atoms with E-state index in [2.05, 4.69) is 10.3 Å². The number of para-hydroxylation sites is 1. The molecule has 3 aromatic rings. The third-order valence-electron chi connectivity index (χ3n) is 2.67. The van der Waals surface area contributed by atoms with Crippen LogP contribution in [0.3, 0.4) is 0 Å². The van der Waals surface area contributed by atoms with Gasteiger partial charge >= 0.3 is 0 Å². The van der Waals surface area contributed by atoms with Gasteiger partial charge in [0.05, 0.1) is 17.6 Å². The zero-order valence-electron chi connectivity index (χ0n) is 9.47. The lowest BCUT2D eigenvalue weighted by Crippen LogP contribution is -2.07. The van der Waals surface area contributed by atoms with Crippen LogP contribution < -0.4 is 0 Å². The van der Waals surface area contributed by atoms with Crippen LogP contribution in [0.1, 0.15) is 16.7 Å². The van der Waals surface area contributed by atoms with Gasteiger partial charge in [0.15, 0.2) is 0 Å². The molecule has 90 valence electrons. The highest BCUT2D eigenvalue weighted by Gasteiger charge is 2.17. The Morgan fingerprint density at radius 1 is 1.11 bits per heavy atom. The Bertz CT molecular complexity index is 619. The fourth-order valence-corrected chi connectivity index (χ4v) is 2.51. The van der Waals surface area contributed by atoms with E-state index < -0.39 is 6.10 Å². The molecule has 0 fully saturated rings. The monoisotopic (exact) mass is 257 g/mol. The molecule has 0 aliphatic rings. The molecule has 0 aliphatic carbocycles. The lowest BCUT2D eigenvalue weighted by molar-refractivity contribution is 0.216. The van der Waals surface area contributed by atoms with Crippen molar-refractivity contribution in [1.82, 2.24) is 15.0 Å². The van der Waals surface area contributed by atoms with E-state index in [1.807, 2.05) is 47.8 Å². The highest BCUT2D eigenvalue weighted by Crippen LogP contribution is 2.26. The largest absolute Gasteiger partial charge is 0.381 e. The number of thiophene rings is 1. The molecule has 1 atom stereocenters. The van der Waals surface area contributed by atoms with Crippen LogP contribution in [0.25, 0.3) is 5.69 Å². The molecule has 1 unspecified atom stereocenters.